The number of hydrogen-bond donors (Lipinski definition) is 1. The predicted molar refractivity (Wildman–Crippen MR) is 55.7 cm³/mol. The molecular weight excluding hydrogens is 162 g/mol. The highest BCUT2D eigenvalue weighted by Crippen LogP contribution is 2.33. The maximum Gasteiger partial charge on any atom is 0.0639 e. The van der Waals surface area contributed by atoms with Crippen molar-refractivity contribution in [3.8, 4) is 0 Å². The molecule has 2 atom stereocenters. The first kappa shape index (κ1) is 11.0. The molecule has 78 valence electrons. The van der Waals surface area contributed by atoms with Gasteiger partial charge in [0, 0.05) is 13.1 Å². The predicted octanol–water partition coefficient (Wildman–Crippen LogP) is 1.74. The van der Waals surface area contributed by atoms with Gasteiger partial charge in [-0.15, -0.1) is 0 Å². The monoisotopic (exact) mass is 185 g/mol. The summed E-state index contributed by atoms with van der Waals surface area (Å²) in [6.07, 6.45) is 1.11. The van der Waals surface area contributed by atoms with Crippen LogP contribution in [0.4, 0.5) is 0 Å². The molecule has 0 aromatic carbocycles. The average Bonchev–Trinajstić information content (AvgIpc) is 2.32. The normalized spacial score (nSPS) is 27.9. The van der Waals surface area contributed by atoms with Crippen LogP contribution in [0.25, 0.3) is 0 Å². The second-order valence-corrected chi connectivity index (χ2v) is 5.46. The minimum atomic E-state index is -0.182. The molecule has 2 heteroatoms. The summed E-state index contributed by atoms with van der Waals surface area (Å²) in [5.41, 5.74) is 0.424. The van der Waals surface area contributed by atoms with E-state index in [2.05, 4.69) is 25.7 Å². The molecule has 2 nitrogen and oxygen atoms in total. The number of likely N-dealkylation sites (tertiary alicyclic amines) is 1. The summed E-state index contributed by atoms with van der Waals surface area (Å²) < 4.78 is 0. The summed E-state index contributed by atoms with van der Waals surface area (Å²) in [6, 6.07) is 0. The minimum absolute atomic E-state index is 0.182. The highest BCUT2D eigenvalue weighted by atomic mass is 16.3. The number of aliphatic hydroxyl groups excluding tert-OH is 1. The maximum absolute atomic E-state index is 9.26. The van der Waals surface area contributed by atoms with Gasteiger partial charge in [-0.1, -0.05) is 20.8 Å². The third kappa shape index (κ3) is 3.28. The summed E-state index contributed by atoms with van der Waals surface area (Å²) >= 11 is 0. The van der Waals surface area contributed by atoms with Gasteiger partial charge >= 0.3 is 0 Å². The largest absolute Gasteiger partial charge is 0.392 e. The zero-order chi connectivity index (χ0) is 10.1. The van der Waals surface area contributed by atoms with Crippen molar-refractivity contribution in [2.75, 3.05) is 19.6 Å². The van der Waals surface area contributed by atoms with Crippen LogP contribution in [-0.2, 0) is 0 Å². The van der Waals surface area contributed by atoms with Crippen molar-refractivity contribution in [3.63, 3.8) is 0 Å². The Morgan fingerprint density at radius 3 is 2.46 bits per heavy atom. The third-order valence-electron chi connectivity index (χ3n) is 3.02. The lowest BCUT2D eigenvalue weighted by Gasteiger charge is -2.27. The van der Waals surface area contributed by atoms with Crippen molar-refractivity contribution in [1.29, 1.82) is 0 Å². The quantitative estimate of drug-likeness (QED) is 0.708. The van der Waals surface area contributed by atoms with Gasteiger partial charge in [0.15, 0.2) is 0 Å². The van der Waals surface area contributed by atoms with Crippen LogP contribution < -0.4 is 0 Å². The summed E-state index contributed by atoms with van der Waals surface area (Å²) in [5.74, 6) is 0.797. The van der Waals surface area contributed by atoms with Crippen molar-refractivity contribution in [1.82, 2.24) is 4.90 Å². The molecule has 0 bridgehead atoms. The van der Waals surface area contributed by atoms with Gasteiger partial charge in [-0.3, -0.25) is 0 Å². The Morgan fingerprint density at radius 1 is 1.46 bits per heavy atom. The molecule has 1 fully saturated rings. The third-order valence-corrected chi connectivity index (χ3v) is 3.02. The Balaban J connectivity index is 2.36. The SMILES string of the molecule is CC(O)CN1CCC(C(C)(C)C)C1. The van der Waals surface area contributed by atoms with E-state index in [9.17, 15) is 5.11 Å². The van der Waals surface area contributed by atoms with Crippen molar-refractivity contribution < 1.29 is 5.11 Å². The second kappa shape index (κ2) is 3.97. The van der Waals surface area contributed by atoms with Crippen LogP contribution in [0.3, 0.4) is 0 Å². The smallest absolute Gasteiger partial charge is 0.0639 e. The number of nitrogens with zero attached hydrogens (tertiary/aromatic N) is 1. The lowest BCUT2D eigenvalue weighted by molar-refractivity contribution is 0.132. The van der Waals surface area contributed by atoms with Gasteiger partial charge in [0.2, 0.25) is 0 Å². The van der Waals surface area contributed by atoms with Gasteiger partial charge in [-0.25, -0.2) is 0 Å². The van der Waals surface area contributed by atoms with Crippen LogP contribution in [0.1, 0.15) is 34.1 Å². The van der Waals surface area contributed by atoms with Gasteiger partial charge in [0.25, 0.3) is 0 Å². The molecule has 1 N–H and O–H groups in total. The zero-order valence-corrected chi connectivity index (χ0v) is 9.38. The first-order valence-corrected chi connectivity index (χ1v) is 5.30. The van der Waals surface area contributed by atoms with E-state index in [1.807, 2.05) is 6.92 Å². The van der Waals surface area contributed by atoms with E-state index in [4.69, 9.17) is 0 Å². The molecule has 0 aromatic heterocycles. The second-order valence-electron chi connectivity index (χ2n) is 5.46. The van der Waals surface area contributed by atoms with Crippen LogP contribution in [-0.4, -0.2) is 35.7 Å². The minimum Gasteiger partial charge on any atom is -0.392 e. The van der Waals surface area contributed by atoms with Crippen LogP contribution in [0.5, 0.6) is 0 Å². The van der Waals surface area contributed by atoms with Gasteiger partial charge in [-0.05, 0) is 31.2 Å². The Hall–Kier alpha value is -0.0800. The first-order valence-electron chi connectivity index (χ1n) is 5.30. The van der Waals surface area contributed by atoms with E-state index in [1.54, 1.807) is 0 Å². The summed E-state index contributed by atoms with van der Waals surface area (Å²) in [4.78, 5) is 2.38. The fourth-order valence-corrected chi connectivity index (χ4v) is 2.08. The number of aliphatic hydroxyl groups is 1. The molecule has 1 heterocycles. The Labute approximate surface area is 81.9 Å². The summed E-state index contributed by atoms with van der Waals surface area (Å²) in [7, 11) is 0. The molecule has 13 heavy (non-hydrogen) atoms. The molecule has 2 unspecified atom stereocenters. The summed E-state index contributed by atoms with van der Waals surface area (Å²) in [5, 5.41) is 9.26. The molecule has 0 saturated carbocycles. The van der Waals surface area contributed by atoms with Crippen molar-refractivity contribution >= 4 is 0 Å². The van der Waals surface area contributed by atoms with Gasteiger partial charge in [0.1, 0.15) is 0 Å². The van der Waals surface area contributed by atoms with Gasteiger partial charge in [-0.2, -0.15) is 0 Å². The van der Waals surface area contributed by atoms with E-state index < -0.39 is 0 Å². The molecular formula is C11H23NO. The van der Waals surface area contributed by atoms with Crippen LogP contribution in [0.15, 0.2) is 0 Å². The molecule has 0 aliphatic carbocycles. The Morgan fingerprint density at radius 2 is 2.08 bits per heavy atom. The fourth-order valence-electron chi connectivity index (χ4n) is 2.08. The molecule has 1 rings (SSSR count). The summed E-state index contributed by atoms with van der Waals surface area (Å²) in [6.45, 7) is 12.0. The van der Waals surface area contributed by atoms with Crippen LogP contribution >= 0.6 is 0 Å². The topological polar surface area (TPSA) is 23.5 Å². The fraction of sp³-hybridized carbons (Fsp3) is 1.00. The molecule has 0 radical (unpaired) electrons. The van der Waals surface area contributed by atoms with E-state index in [0.717, 1.165) is 25.6 Å². The lowest BCUT2D eigenvalue weighted by atomic mass is 9.80. The van der Waals surface area contributed by atoms with E-state index >= 15 is 0 Å². The highest BCUT2D eigenvalue weighted by molar-refractivity contribution is 4.84. The van der Waals surface area contributed by atoms with E-state index in [1.165, 1.54) is 6.42 Å². The van der Waals surface area contributed by atoms with Crippen LogP contribution in [0.2, 0.25) is 0 Å². The average molecular weight is 185 g/mol. The van der Waals surface area contributed by atoms with Crippen LogP contribution in [0, 0.1) is 11.3 Å². The molecule has 1 aliphatic rings. The van der Waals surface area contributed by atoms with Gasteiger partial charge in [0.05, 0.1) is 6.10 Å². The Bertz CT molecular complexity index is 160. The van der Waals surface area contributed by atoms with E-state index in [-0.39, 0.29) is 6.10 Å². The lowest BCUT2D eigenvalue weighted by Crippen LogP contribution is -2.31. The first-order chi connectivity index (χ1) is 5.89. The number of β-amino-alcohol motifs (C(OH)–C–C–N with tert-alkyl or cyclic N) is 1. The molecule has 0 spiro atoms. The molecule has 1 aliphatic heterocycles. The maximum atomic E-state index is 9.26. The zero-order valence-electron chi connectivity index (χ0n) is 9.38. The standard InChI is InChI=1S/C11H23NO/c1-9(13)7-12-6-5-10(8-12)11(2,3)4/h9-10,13H,5-8H2,1-4H3. The number of hydrogen-bond acceptors (Lipinski definition) is 2. The molecule has 0 aromatic rings. The Kier molecular flexibility index (Phi) is 3.36. The van der Waals surface area contributed by atoms with Gasteiger partial charge < -0.3 is 10.0 Å². The number of rotatable bonds is 2. The molecule has 0 amide bonds. The highest BCUT2D eigenvalue weighted by Gasteiger charge is 2.31. The molecule has 1 saturated heterocycles. The van der Waals surface area contributed by atoms with Crippen molar-refractivity contribution in [3.05, 3.63) is 0 Å². The van der Waals surface area contributed by atoms with Crippen molar-refractivity contribution in [2.24, 2.45) is 11.3 Å². The van der Waals surface area contributed by atoms with Crippen molar-refractivity contribution in [2.45, 2.75) is 40.2 Å². The van der Waals surface area contributed by atoms with E-state index in [0.29, 0.717) is 5.41 Å².